The summed E-state index contributed by atoms with van der Waals surface area (Å²) >= 11 is 0.187. The molecule has 54 valence electrons. The van der Waals surface area contributed by atoms with E-state index in [9.17, 15) is 4.21 Å². The summed E-state index contributed by atoms with van der Waals surface area (Å²) in [6.07, 6.45) is 3.22. The quantitative estimate of drug-likeness (QED) is 0.478. The van der Waals surface area contributed by atoms with Crippen molar-refractivity contribution < 1.29 is 14.4 Å². The summed E-state index contributed by atoms with van der Waals surface area (Å²) in [6, 6.07) is 0. The van der Waals surface area contributed by atoms with Crippen molar-refractivity contribution >= 4 is 16.1 Å². The maximum absolute atomic E-state index is 10.2. The molecular weight excluding hydrogens is 152 g/mol. The van der Waals surface area contributed by atoms with Crippen molar-refractivity contribution in [1.82, 2.24) is 0 Å². The van der Waals surface area contributed by atoms with Crippen LogP contribution in [0.5, 0.6) is 0 Å². The van der Waals surface area contributed by atoms with Gasteiger partial charge in [0.2, 0.25) is 0 Å². The Balaban J connectivity index is 3.00. The van der Waals surface area contributed by atoms with Crippen LogP contribution in [-0.2, 0) is 11.3 Å². The fraction of sp³-hybridized carbons (Fsp3) is 0.167. The third kappa shape index (κ3) is 1.17. The highest BCUT2D eigenvalue weighted by Gasteiger charge is 2.16. The van der Waals surface area contributed by atoms with Crippen LogP contribution in [0.2, 0.25) is 0 Å². The summed E-state index contributed by atoms with van der Waals surface area (Å²) in [5, 5.41) is 17.9. The summed E-state index contributed by atoms with van der Waals surface area (Å²) in [5.74, 6) is -0.180. The van der Waals surface area contributed by atoms with E-state index in [1.165, 1.54) is 18.2 Å². The van der Waals surface area contributed by atoms with Gasteiger partial charge in [0.05, 0.1) is 16.1 Å². The molecule has 1 rings (SSSR count). The zero-order chi connectivity index (χ0) is 7.56. The molecule has 1 aliphatic carbocycles. The van der Waals surface area contributed by atoms with E-state index >= 15 is 0 Å². The summed E-state index contributed by atoms with van der Waals surface area (Å²) in [5.41, 5.74) is 0. The minimum Gasteiger partial charge on any atom is -0.509 e. The average molecular weight is 158 g/mol. The van der Waals surface area contributed by atoms with E-state index in [1.54, 1.807) is 0 Å². The largest absolute Gasteiger partial charge is 0.509 e. The minimum atomic E-state index is -1.12. The molecule has 10 heavy (non-hydrogen) atoms. The first-order valence-electron chi connectivity index (χ1n) is 2.67. The Kier molecular flexibility index (Phi) is 2.03. The molecule has 0 saturated heterocycles. The second kappa shape index (κ2) is 2.81. The predicted octanol–water partition coefficient (Wildman–Crippen LogP) is -0.256. The highest BCUT2D eigenvalue weighted by Crippen LogP contribution is 2.05. The van der Waals surface area contributed by atoms with Crippen LogP contribution in [0.15, 0.2) is 24.0 Å². The van der Waals surface area contributed by atoms with Crippen molar-refractivity contribution in [1.29, 1.82) is 0 Å². The van der Waals surface area contributed by atoms with Gasteiger partial charge in [0.25, 0.3) is 0 Å². The van der Waals surface area contributed by atoms with Gasteiger partial charge in [-0.1, -0.05) is 6.08 Å². The molecule has 0 saturated carbocycles. The van der Waals surface area contributed by atoms with Gasteiger partial charge in [0.1, 0.15) is 11.9 Å². The van der Waals surface area contributed by atoms with Gasteiger partial charge in [-0.3, -0.25) is 0 Å². The lowest BCUT2D eigenvalue weighted by Crippen LogP contribution is -2.22. The van der Waals surface area contributed by atoms with E-state index in [0.717, 1.165) is 0 Å². The number of aliphatic hydroxyl groups is 2. The second-order valence-electron chi connectivity index (χ2n) is 1.84. The Morgan fingerprint density at radius 1 is 1.60 bits per heavy atom. The molecule has 0 radical (unpaired) electrons. The molecule has 1 unspecified atom stereocenters. The third-order valence-corrected chi connectivity index (χ3v) is 1.73. The van der Waals surface area contributed by atoms with Gasteiger partial charge in [0.15, 0.2) is 0 Å². The van der Waals surface area contributed by atoms with Crippen LogP contribution >= 0.6 is 0 Å². The highest BCUT2D eigenvalue weighted by atomic mass is 32.1. The Bertz CT molecular complexity index is 248. The highest BCUT2D eigenvalue weighted by molar-refractivity contribution is 7.67. The number of rotatable bonds is 0. The molecule has 0 bridgehead atoms. The molecular formula is C6H6O3S. The van der Waals surface area contributed by atoms with Gasteiger partial charge >= 0.3 is 0 Å². The zero-order valence-electron chi connectivity index (χ0n) is 5.02. The Labute approximate surface area is 61.4 Å². The van der Waals surface area contributed by atoms with Gasteiger partial charge in [-0.15, -0.1) is 0 Å². The fourth-order valence-corrected chi connectivity index (χ4v) is 0.989. The SMILES string of the molecule is O=S=C1C=CC=C(O)C1O. The average Bonchev–Trinajstić information content (AvgIpc) is 1.95. The molecule has 0 aromatic rings. The van der Waals surface area contributed by atoms with Gasteiger partial charge in [0, 0.05) is 0 Å². The van der Waals surface area contributed by atoms with E-state index < -0.39 is 6.10 Å². The van der Waals surface area contributed by atoms with E-state index in [1.807, 2.05) is 0 Å². The molecule has 0 aromatic carbocycles. The number of aliphatic hydroxyl groups excluding tert-OH is 2. The summed E-state index contributed by atoms with van der Waals surface area (Å²) in [4.78, 5) is 0.222. The molecule has 0 aliphatic heterocycles. The molecule has 1 aliphatic rings. The molecule has 1 atom stereocenters. The lowest BCUT2D eigenvalue weighted by Gasteiger charge is -2.09. The van der Waals surface area contributed by atoms with Crippen LogP contribution in [0.3, 0.4) is 0 Å². The minimum absolute atomic E-state index is 0.180. The Morgan fingerprint density at radius 3 is 2.80 bits per heavy atom. The Morgan fingerprint density at radius 2 is 2.30 bits per heavy atom. The topological polar surface area (TPSA) is 57.5 Å². The van der Waals surface area contributed by atoms with Crippen molar-refractivity contribution in [3.63, 3.8) is 0 Å². The van der Waals surface area contributed by atoms with Crippen molar-refractivity contribution in [2.75, 3.05) is 0 Å². The summed E-state index contributed by atoms with van der Waals surface area (Å²) in [6.45, 7) is 0. The summed E-state index contributed by atoms with van der Waals surface area (Å²) in [7, 11) is 0. The number of hydrogen-bond donors (Lipinski definition) is 2. The van der Waals surface area contributed by atoms with Crippen molar-refractivity contribution in [2.24, 2.45) is 0 Å². The fourth-order valence-electron chi connectivity index (χ4n) is 0.643. The van der Waals surface area contributed by atoms with Gasteiger partial charge in [-0.25, -0.2) is 4.21 Å². The van der Waals surface area contributed by atoms with Crippen molar-refractivity contribution in [3.8, 4) is 0 Å². The van der Waals surface area contributed by atoms with Gasteiger partial charge in [-0.05, 0) is 12.2 Å². The van der Waals surface area contributed by atoms with Crippen LogP contribution in [0.25, 0.3) is 0 Å². The molecule has 2 N–H and O–H groups in total. The number of allylic oxidation sites excluding steroid dienone is 2. The first-order valence-corrected chi connectivity index (χ1v) is 3.42. The van der Waals surface area contributed by atoms with E-state index in [2.05, 4.69) is 0 Å². The van der Waals surface area contributed by atoms with Crippen LogP contribution in [0, 0.1) is 0 Å². The normalized spacial score (nSPS) is 24.3. The van der Waals surface area contributed by atoms with Gasteiger partial charge < -0.3 is 10.2 Å². The molecule has 0 spiro atoms. The Hall–Kier alpha value is -0.870. The lowest BCUT2D eigenvalue weighted by molar-refractivity contribution is 0.209. The third-order valence-electron chi connectivity index (χ3n) is 1.17. The molecule has 3 nitrogen and oxygen atoms in total. The number of hydrogen-bond acceptors (Lipinski definition) is 3. The van der Waals surface area contributed by atoms with Crippen LogP contribution in [-0.4, -0.2) is 25.4 Å². The van der Waals surface area contributed by atoms with Crippen LogP contribution in [0.4, 0.5) is 0 Å². The van der Waals surface area contributed by atoms with Crippen LogP contribution < -0.4 is 0 Å². The van der Waals surface area contributed by atoms with Gasteiger partial charge in [-0.2, -0.15) is 0 Å². The van der Waals surface area contributed by atoms with E-state index in [4.69, 9.17) is 10.2 Å². The lowest BCUT2D eigenvalue weighted by atomic mass is 10.1. The van der Waals surface area contributed by atoms with Crippen LogP contribution in [0.1, 0.15) is 0 Å². The predicted molar refractivity (Wildman–Crippen MR) is 39.0 cm³/mol. The molecule has 0 amide bonds. The monoisotopic (exact) mass is 158 g/mol. The van der Waals surface area contributed by atoms with Crippen molar-refractivity contribution in [3.05, 3.63) is 24.0 Å². The van der Waals surface area contributed by atoms with E-state index in [-0.39, 0.29) is 21.9 Å². The maximum Gasteiger partial charge on any atom is 0.148 e. The summed E-state index contributed by atoms with van der Waals surface area (Å²) < 4.78 is 10.2. The van der Waals surface area contributed by atoms with Crippen molar-refractivity contribution in [2.45, 2.75) is 6.10 Å². The molecule has 0 fully saturated rings. The standard InChI is InChI=1S/C6H6O3S/c7-4-2-1-3-5(10-9)6(4)8/h1-3,6-8H. The smallest absolute Gasteiger partial charge is 0.148 e. The first kappa shape index (κ1) is 7.24. The molecule has 0 aromatic heterocycles. The van der Waals surface area contributed by atoms with E-state index in [0.29, 0.717) is 0 Å². The molecule has 4 heteroatoms. The zero-order valence-corrected chi connectivity index (χ0v) is 5.84. The first-order chi connectivity index (χ1) is 4.75. The second-order valence-corrected chi connectivity index (χ2v) is 2.48. The maximum atomic E-state index is 10.2. The molecule has 0 heterocycles.